The third-order valence-electron chi connectivity index (χ3n) is 2.38. The number of aromatic nitrogens is 1. The summed E-state index contributed by atoms with van der Waals surface area (Å²) in [4.78, 5) is 13.9. The van der Waals surface area contributed by atoms with E-state index < -0.39 is 4.92 Å². The number of hydrogen-bond donors (Lipinski definition) is 2. The fourth-order valence-corrected chi connectivity index (χ4v) is 2.19. The normalized spacial score (nSPS) is 20.4. The summed E-state index contributed by atoms with van der Waals surface area (Å²) in [6.07, 6.45) is 2.44. The molecular formula is C8H12N4O2S. The maximum Gasteiger partial charge on any atom is 0.345 e. The highest BCUT2D eigenvalue weighted by molar-refractivity contribution is 7.18. The molecule has 0 saturated carbocycles. The van der Waals surface area contributed by atoms with Crippen molar-refractivity contribution in [3.63, 3.8) is 0 Å². The second kappa shape index (κ2) is 4.54. The minimum atomic E-state index is -0.417. The number of thiazole rings is 1. The van der Waals surface area contributed by atoms with E-state index in [1.807, 2.05) is 0 Å². The Morgan fingerprint density at radius 1 is 1.80 bits per heavy atom. The first-order valence-electron chi connectivity index (χ1n) is 4.80. The van der Waals surface area contributed by atoms with E-state index in [0.717, 1.165) is 37.4 Å². The van der Waals surface area contributed by atoms with Gasteiger partial charge in [0, 0.05) is 6.54 Å². The number of nitro groups is 1. The Morgan fingerprint density at radius 3 is 3.27 bits per heavy atom. The van der Waals surface area contributed by atoms with Crippen molar-refractivity contribution >= 4 is 21.5 Å². The van der Waals surface area contributed by atoms with Crippen LogP contribution in [0.1, 0.15) is 6.42 Å². The molecule has 82 valence electrons. The second-order valence-corrected chi connectivity index (χ2v) is 4.51. The van der Waals surface area contributed by atoms with Gasteiger partial charge in [-0.15, -0.1) is 0 Å². The minimum absolute atomic E-state index is 0.0852. The molecule has 0 aliphatic carbocycles. The van der Waals surface area contributed by atoms with E-state index in [1.54, 1.807) is 0 Å². The lowest BCUT2D eigenvalue weighted by molar-refractivity contribution is -0.380. The molecule has 1 saturated heterocycles. The third kappa shape index (κ3) is 2.63. The molecule has 1 aliphatic rings. The first-order valence-corrected chi connectivity index (χ1v) is 5.62. The topological polar surface area (TPSA) is 80.1 Å². The van der Waals surface area contributed by atoms with Gasteiger partial charge in [0.05, 0.1) is 4.92 Å². The molecule has 6 nitrogen and oxygen atoms in total. The summed E-state index contributed by atoms with van der Waals surface area (Å²) in [5, 5.41) is 17.5. The molecule has 2 rings (SSSR count). The number of hydrogen-bond acceptors (Lipinski definition) is 6. The first-order chi connectivity index (χ1) is 7.25. The van der Waals surface area contributed by atoms with Crippen LogP contribution in [0.5, 0.6) is 0 Å². The van der Waals surface area contributed by atoms with Crippen LogP contribution in [0, 0.1) is 16.0 Å². The molecule has 0 radical (unpaired) electrons. The smallest absolute Gasteiger partial charge is 0.345 e. The monoisotopic (exact) mass is 228 g/mol. The van der Waals surface area contributed by atoms with E-state index in [-0.39, 0.29) is 5.00 Å². The van der Waals surface area contributed by atoms with E-state index in [4.69, 9.17) is 0 Å². The molecule has 7 heteroatoms. The maximum absolute atomic E-state index is 10.4. The van der Waals surface area contributed by atoms with Gasteiger partial charge >= 0.3 is 5.00 Å². The van der Waals surface area contributed by atoms with Crippen molar-refractivity contribution in [2.24, 2.45) is 5.92 Å². The van der Waals surface area contributed by atoms with Gasteiger partial charge in [-0.2, -0.15) is 0 Å². The molecule has 2 N–H and O–H groups in total. The first kappa shape index (κ1) is 10.3. The lowest BCUT2D eigenvalue weighted by Gasteiger charge is -2.07. The van der Waals surface area contributed by atoms with Gasteiger partial charge in [0.1, 0.15) is 6.20 Å². The van der Waals surface area contributed by atoms with Gasteiger partial charge in [-0.3, -0.25) is 10.1 Å². The highest BCUT2D eigenvalue weighted by Crippen LogP contribution is 2.25. The fourth-order valence-electron chi connectivity index (χ4n) is 1.55. The van der Waals surface area contributed by atoms with E-state index in [9.17, 15) is 10.1 Å². The summed E-state index contributed by atoms with van der Waals surface area (Å²) in [7, 11) is 0. The Hall–Kier alpha value is -1.21. The van der Waals surface area contributed by atoms with E-state index >= 15 is 0 Å². The molecular weight excluding hydrogens is 216 g/mol. The highest BCUT2D eigenvalue weighted by Gasteiger charge is 2.16. The standard InChI is InChI=1S/C8H12N4O2S/c13-12(14)7-5-11-8(15-7)10-4-6-1-2-9-3-6/h5-6,9H,1-4H2,(H,10,11). The Kier molecular flexibility index (Phi) is 3.12. The van der Waals surface area contributed by atoms with Crippen molar-refractivity contribution in [1.29, 1.82) is 0 Å². The molecule has 0 amide bonds. The minimum Gasteiger partial charge on any atom is -0.361 e. The summed E-state index contributed by atoms with van der Waals surface area (Å²) in [6, 6.07) is 0. The zero-order valence-corrected chi connectivity index (χ0v) is 8.92. The molecule has 1 aromatic heterocycles. The number of anilines is 1. The average molecular weight is 228 g/mol. The Morgan fingerprint density at radius 2 is 2.67 bits per heavy atom. The van der Waals surface area contributed by atoms with Crippen LogP contribution < -0.4 is 10.6 Å². The van der Waals surface area contributed by atoms with E-state index in [0.29, 0.717) is 11.0 Å². The molecule has 15 heavy (non-hydrogen) atoms. The summed E-state index contributed by atoms with van der Waals surface area (Å²) in [6.45, 7) is 2.91. The van der Waals surface area contributed by atoms with Gasteiger partial charge in [0.2, 0.25) is 0 Å². The van der Waals surface area contributed by atoms with Crippen LogP contribution >= 0.6 is 11.3 Å². The Bertz CT molecular complexity index is 348. The molecule has 0 bridgehead atoms. The van der Waals surface area contributed by atoms with Crippen molar-refractivity contribution < 1.29 is 4.92 Å². The van der Waals surface area contributed by atoms with Gasteiger partial charge < -0.3 is 10.6 Å². The molecule has 1 unspecified atom stereocenters. The highest BCUT2D eigenvalue weighted by atomic mass is 32.1. The van der Waals surface area contributed by atoms with Gasteiger partial charge in [0.25, 0.3) is 0 Å². The largest absolute Gasteiger partial charge is 0.361 e. The van der Waals surface area contributed by atoms with Crippen molar-refractivity contribution in [1.82, 2.24) is 10.3 Å². The molecule has 1 aromatic rings. The van der Waals surface area contributed by atoms with Crippen LogP contribution in [0.4, 0.5) is 10.1 Å². The average Bonchev–Trinajstić information content (AvgIpc) is 2.86. The zero-order valence-electron chi connectivity index (χ0n) is 8.10. The molecule has 2 heterocycles. The molecule has 1 fully saturated rings. The quantitative estimate of drug-likeness (QED) is 0.595. The predicted molar refractivity (Wildman–Crippen MR) is 58.2 cm³/mol. The summed E-state index contributed by atoms with van der Waals surface area (Å²) >= 11 is 1.08. The van der Waals surface area contributed by atoms with Crippen LogP contribution in [-0.4, -0.2) is 29.5 Å². The van der Waals surface area contributed by atoms with Gasteiger partial charge in [-0.1, -0.05) is 0 Å². The van der Waals surface area contributed by atoms with Gasteiger partial charge in [0.15, 0.2) is 5.13 Å². The summed E-state index contributed by atoms with van der Waals surface area (Å²) in [5.41, 5.74) is 0. The van der Waals surface area contributed by atoms with Gasteiger partial charge in [-0.25, -0.2) is 4.98 Å². The van der Waals surface area contributed by atoms with E-state index in [2.05, 4.69) is 15.6 Å². The van der Waals surface area contributed by atoms with Crippen LogP contribution in [0.25, 0.3) is 0 Å². The Balaban J connectivity index is 1.84. The Labute approximate surface area is 90.9 Å². The second-order valence-electron chi connectivity index (χ2n) is 3.50. The van der Waals surface area contributed by atoms with Crippen LogP contribution in [-0.2, 0) is 0 Å². The van der Waals surface area contributed by atoms with Gasteiger partial charge in [-0.05, 0) is 36.8 Å². The number of rotatable bonds is 4. The molecule has 0 spiro atoms. The van der Waals surface area contributed by atoms with Crippen LogP contribution in [0.3, 0.4) is 0 Å². The molecule has 0 aromatic carbocycles. The summed E-state index contributed by atoms with van der Waals surface area (Å²) in [5.74, 6) is 0.605. The molecule has 1 atom stereocenters. The van der Waals surface area contributed by atoms with Crippen molar-refractivity contribution in [3.8, 4) is 0 Å². The third-order valence-corrected chi connectivity index (χ3v) is 3.28. The van der Waals surface area contributed by atoms with Crippen LogP contribution in [0.15, 0.2) is 6.20 Å². The zero-order chi connectivity index (χ0) is 10.7. The van der Waals surface area contributed by atoms with E-state index in [1.165, 1.54) is 6.20 Å². The molecule has 1 aliphatic heterocycles. The summed E-state index contributed by atoms with van der Waals surface area (Å²) < 4.78 is 0. The van der Waals surface area contributed by atoms with Crippen molar-refractivity contribution in [2.45, 2.75) is 6.42 Å². The number of nitrogens with one attached hydrogen (secondary N) is 2. The fraction of sp³-hybridized carbons (Fsp3) is 0.625. The van der Waals surface area contributed by atoms with Crippen molar-refractivity contribution in [2.75, 3.05) is 25.0 Å². The number of nitrogens with zero attached hydrogens (tertiary/aromatic N) is 2. The SMILES string of the molecule is O=[N+]([O-])c1cnc(NCC2CCNC2)s1. The lowest BCUT2D eigenvalue weighted by atomic mass is 10.1. The lowest BCUT2D eigenvalue weighted by Crippen LogP contribution is -2.16. The van der Waals surface area contributed by atoms with Crippen LogP contribution in [0.2, 0.25) is 0 Å². The van der Waals surface area contributed by atoms with Crippen molar-refractivity contribution in [3.05, 3.63) is 16.3 Å². The predicted octanol–water partition coefficient (Wildman–Crippen LogP) is 1.07. The maximum atomic E-state index is 10.4.